The molecule has 0 heterocycles. The Morgan fingerprint density at radius 1 is 0.850 bits per heavy atom. The number of rotatable bonds is 3. The van der Waals surface area contributed by atoms with Crippen LogP contribution in [0.4, 0.5) is 17.1 Å². The summed E-state index contributed by atoms with van der Waals surface area (Å²) in [4.78, 5) is 1.88. The van der Waals surface area contributed by atoms with E-state index in [2.05, 4.69) is 10.2 Å². The van der Waals surface area contributed by atoms with E-state index in [1.165, 1.54) is 0 Å². The van der Waals surface area contributed by atoms with Gasteiger partial charge in [0.2, 0.25) is 0 Å². The highest BCUT2D eigenvalue weighted by Crippen LogP contribution is 2.33. The highest BCUT2D eigenvalue weighted by atomic mass is 16.3. The van der Waals surface area contributed by atoms with Gasteiger partial charge in [-0.1, -0.05) is 6.07 Å². The molecule has 0 bridgehead atoms. The van der Waals surface area contributed by atoms with Crippen molar-refractivity contribution in [2.45, 2.75) is 6.92 Å². The molecule has 0 spiro atoms. The number of nitrogens with zero attached hydrogens (tertiary/aromatic N) is 3. The fourth-order valence-corrected chi connectivity index (χ4v) is 1.70. The van der Waals surface area contributed by atoms with Gasteiger partial charge < -0.3 is 15.1 Å². The van der Waals surface area contributed by atoms with E-state index in [0.29, 0.717) is 11.4 Å². The fourth-order valence-electron chi connectivity index (χ4n) is 1.70. The van der Waals surface area contributed by atoms with Crippen molar-refractivity contribution in [1.29, 1.82) is 0 Å². The van der Waals surface area contributed by atoms with Crippen molar-refractivity contribution < 1.29 is 10.2 Å². The highest BCUT2D eigenvalue weighted by molar-refractivity contribution is 5.61. The molecule has 0 aliphatic rings. The summed E-state index contributed by atoms with van der Waals surface area (Å²) in [6.07, 6.45) is 0. The zero-order valence-electron chi connectivity index (χ0n) is 11.7. The first-order valence-corrected chi connectivity index (χ1v) is 6.19. The summed E-state index contributed by atoms with van der Waals surface area (Å²) in [7, 11) is 3.78. The zero-order chi connectivity index (χ0) is 14.7. The molecular formula is C15H17N3O2. The molecule has 0 aliphatic carbocycles. The normalized spacial score (nSPS) is 10.9. The van der Waals surface area contributed by atoms with Gasteiger partial charge in [-0.3, -0.25) is 0 Å². The smallest absolute Gasteiger partial charge is 0.145 e. The lowest BCUT2D eigenvalue weighted by Gasteiger charge is -2.12. The number of aryl methyl sites for hydroxylation is 1. The van der Waals surface area contributed by atoms with Crippen LogP contribution < -0.4 is 4.90 Å². The van der Waals surface area contributed by atoms with Gasteiger partial charge >= 0.3 is 0 Å². The van der Waals surface area contributed by atoms with Gasteiger partial charge in [-0.05, 0) is 36.8 Å². The van der Waals surface area contributed by atoms with E-state index in [9.17, 15) is 10.2 Å². The average molecular weight is 271 g/mol. The largest absolute Gasteiger partial charge is 0.506 e. The lowest BCUT2D eigenvalue weighted by Crippen LogP contribution is -2.07. The van der Waals surface area contributed by atoms with E-state index in [-0.39, 0.29) is 11.5 Å². The standard InChI is InChI=1S/C15H17N3O2/c1-10-4-6-12(14(19)8-10)16-17-13-7-5-11(18(2)3)9-15(13)20/h4-9,19-20H,1-3H3. The molecule has 0 aliphatic heterocycles. The van der Waals surface area contributed by atoms with Crippen molar-refractivity contribution in [3.05, 3.63) is 42.0 Å². The molecule has 0 amide bonds. The number of phenolic OH excluding ortho intramolecular Hbond substituents is 2. The maximum atomic E-state index is 9.89. The molecule has 0 unspecified atom stereocenters. The van der Waals surface area contributed by atoms with E-state index >= 15 is 0 Å². The number of hydrogen-bond acceptors (Lipinski definition) is 5. The number of anilines is 1. The minimum absolute atomic E-state index is 0.0477. The molecule has 2 aromatic carbocycles. The minimum atomic E-state index is 0.0477. The molecular weight excluding hydrogens is 254 g/mol. The van der Waals surface area contributed by atoms with Gasteiger partial charge in [0.1, 0.15) is 22.9 Å². The van der Waals surface area contributed by atoms with Crippen LogP contribution in [0.25, 0.3) is 0 Å². The van der Waals surface area contributed by atoms with E-state index in [1.54, 1.807) is 24.3 Å². The van der Waals surface area contributed by atoms with Gasteiger partial charge in [-0.2, -0.15) is 0 Å². The van der Waals surface area contributed by atoms with Gasteiger partial charge in [0.25, 0.3) is 0 Å². The van der Waals surface area contributed by atoms with Gasteiger partial charge in [-0.25, -0.2) is 0 Å². The predicted molar refractivity (Wildman–Crippen MR) is 79.5 cm³/mol. The lowest BCUT2D eigenvalue weighted by molar-refractivity contribution is 0.473. The van der Waals surface area contributed by atoms with Crippen LogP contribution in [0, 0.1) is 6.92 Å². The van der Waals surface area contributed by atoms with Crippen molar-refractivity contribution >= 4 is 17.1 Å². The molecule has 0 radical (unpaired) electrons. The Morgan fingerprint density at radius 2 is 1.40 bits per heavy atom. The Kier molecular flexibility index (Phi) is 3.89. The van der Waals surface area contributed by atoms with E-state index in [1.807, 2.05) is 38.1 Å². The Bertz CT molecular complexity index is 652. The topological polar surface area (TPSA) is 68.4 Å². The summed E-state index contributed by atoms with van der Waals surface area (Å²) >= 11 is 0. The molecule has 2 N–H and O–H groups in total. The van der Waals surface area contributed by atoms with Crippen molar-refractivity contribution in [1.82, 2.24) is 0 Å². The van der Waals surface area contributed by atoms with E-state index in [0.717, 1.165) is 11.3 Å². The van der Waals surface area contributed by atoms with Crippen LogP contribution in [0.3, 0.4) is 0 Å². The number of hydrogen-bond donors (Lipinski definition) is 2. The highest BCUT2D eigenvalue weighted by Gasteiger charge is 2.04. The molecule has 20 heavy (non-hydrogen) atoms. The second-order valence-electron chi connectivity index (χ2n) is 4.76. The quantitative estimate of drug-likeness (QED) is 0.832. The summed E-state index contributed by atoms with van der Waals surface area (Å²) < 4.78 is 0. The van der Waals surface area contributed by atoms with Crippen LogP contribution in [-0.4, -0.2) is 24.3 Å². The molecule has 0 fully saturated rings. The van der Waals surface area contributed by atoms with Crippen molar-refractivity contribution in [2.24, 2.45) is 10.2 Å². The van der Waals surface area contributed by atoms with Crippen LogP contribution in [0.15, 0.2) is 46.6 Å². The number of azo groups is 1. The molecule has 0 saturated carbocycles. The first kappa shape index (κ1) is 13.9. The Hall–Kier alpha value is -2.56. The third-order valence-corrected chi connectivity index (χ3v) is 2.87. The van der Waals surface area contributed by atoms with Crippen LogP contribution in [0.5, 0.6) is 11.5 Å². The van der Waals surface area contributed by atoms with Crippen LogP contribution in [0.2, 0.25) is 0 Å². The van der Waals surface area contributed by atoms with Gasteiger partial charge in [0.05, 0.1) is 0 Å². The Morgan fingerprint density at radius 3 is 1.90 bits per heavy atom. The second kappa shape index (κ2) is 5.61. The molecule has 2 rings (SSSR count). The maximum absolute atomic E-state index is 9.89. The van der Waals surface area contributed by atoms with E-state index < -0.39 is 0 Å². The van der Waals surface area contributed by atoms with Crippen molar-refractivity contribution in [2.75, 3.05) is 19.0 Å². The first-order valence-electron chi connectivity index (χ1n) is 6.19. The summed E-state index contributed by atoms with van der Waals surface area (Å²) in [6, 6.07) is 10.3. The Labute approximate surface area is 117 Å². The molecule has 0 saturated heterocycles. The number of phenols is 2. The number of benzene rings is 2. The summed E-state index contributed by atoms with van der Waals surface area (Å²) in [6.45, 7) is 1.88. The van der Waals surface area contributed by atoms with Gasteiger partial charge in [-0.15, -0.1) is 10.2 Å². The molecule has 0 aromatic heterocycles. The summed E-state index contributed by atoms with van der Waals surface area (Å²) in [5.74, 6) is 0.115. The van der Waals surface area contributed by atoms with Gasteiger partial charge in [0, 0.05) is 25.8 Å². The fraction of sp³-hybridized carbons (Fsp3) is 0.200. The van der Waals surface area contributed by atoms with E-state index in [4.69, 9.17) is 0 Å². The third kappa shape index (κ3) is 3.06. The molecule has 2 aromatic rings. The van der Waals surface area contributed by atoms with Crippen molar-refractivity contribution in [3.8, 4) is 11.5 Å². The monoisotopic (exact) mass is 271 g/mol. The van der Waals surface area contributed by atoms with Crippen LogP contribution in [0.1, 0.15) is 5.56 Å². The van der Waals surface area contributed by atoms with Gasteiger partial charge in [0.15, 0.2) is 0 Å². The molecule has 0 atom stereocenters. The SMILES string of the molecule is Cc1ccc(N=Nc2ccc(N(C)C)cc2O)c(O)c1. The molecule has 104 valence electrons. The third-order valence-electron chi connectivity index (χ3n) is 2.87. The predicted octanol–water partition coefficient (Wildman–Crippen LogP) is 3.89. The summed E-state index contributed by atoms with van der Waals surface area (Å²) in [5.41, 5.74) is 2.54. The van der Waals surface area contributed by atoms with Crippen molar-refractivity contribution in [3.63, 3.8) is 0 Å². The molecule has 5 heteroatoms. The maximum Gasteiger partial charge on any atom is 0.145 e. The average Bonchev–Trinajstić information content (AvgIpc) is 2.38. The Balaban J connectivity index is 2.27. The minimum Gasteiger partial charge on any atom is -0.506 e. The van der Waals surface area contributed by atoms with Crippen LogP contribution >= 0.6 is 0 Å². The first-order chi connectivity index (χ1) is 9.47. The number of aromatic hydroxyl groups is 2. The second-order valence-corrected chi connectivity index (χ2v) is 4.76. The van der Waals surface area contributed by atoms with Crippen LogP contribution in [-0.2, 0) is 0 Å². The molecule has 5 nitrogen and oxygen atoms in total. The summed E-state index contributed by atoms with van der Waals surface area (Å²) in [5, 5.41) is 27.5. The zero-order valence-corrected chi connectivity index (χ0v) is 11.7. The lowest BCUT2D eigenvalue weighted by atomic mass is 10.2.